The molecule has 1 unspecified atom stereocenters. The molecular weight excluding hydrogens is 310 g/mol. The molecule has 1 fully saturated rings. The molecule has 0 spiro atoms. The standard InChI is InChI=1S/C21H27N3O/c22-19-11-5-4-8-17(19)12-13-21(25)23-16-20(24-14-6-7-15-24)18-9-2-1-3-10-18/h1-5,8-11,20H,6-7,12-16,22H2,(H,23,25). The fourth-order valence-corrected chi connectivity index (χ4v) is 3.50. The molecule has 132 valence electrons. The van der Waals surface area contributed by atoms with Crippen LogP contribution < -0.4 is 11.1 Å². The number of para-hydroxylation sites is 1. The van der Waals surface area contributed by atoms with Crippen LogP contribution >= 0.6 is 0 Å². The SMILES string of the molecule is Nc1ccccc1CCC(=O)NCC(c1ccccc1)N1CCCC1. The van der Waals surface area contributed by atoms with Gasteiger partial charge >= 0.3 is 0 Å². The van der Waals surface area contributed by atoms with Crippen LogP contribution in [0.1, 0.15) is 36.4 Å². The zero-order valence-electron chi connectivity index (χ0n) is 14.7. The van der Waals surface area contributed by atoms with Crippen molar-refractivity contribution in [1.29, 1.82) is 0 Å². The molecule has 2 aromatic rings. The van der Waals surface area contributed by atoms with Gasteiger partial charge < -0.3 is 11.1 Å². The van der Waals surface area contributed by atoms with E-state index in [9.17, 15) is 4.79 Å². The number of amides is 1. The average molecular weight is 337 g/mol. The smallest absolute Gasteiger partial charge is 0.220 e. The highest BCUT2D eigenvalue weighted by atomic mass is 16.1. The molecule has 3 rings (SSSR count). The van der Waals surface area contributed by atoms with Gasteiger partial charge in [0, 0.05) is 18.7 Å². The Morgan fingerprint density at radius 1 is 1.04 bits per heavy atom. The number of carbonyl (C=O) groups is 1. The predicted molar refractivity (Wildman–Crippen MR) is 102 cm³/mol. The van der Waals surface area contributed by atoms with Crippen LogP contribution in [-0.2, 0) is 11.2 Å². The van der Waals surface area contributed by atoms with Gasteiger partial charge in [0.05, 0.1) is 6.04 Å². The molecule has 0 aliphatic carbocycles. The molecule has 0 bridgehead atoms. The van der Waals surface area contributed by atoms with E-state index in [0.29, 0.717) is 19.4 Å². The van der Waals surface area contributed by atoms with Gasteiger partial charge in [0.1, 0.15) is 0 Å². The highest BCUT2D eigenvalue weighted by Crippen LogP contribution is 2.24. The molecule has 4 heteroatoms. The Balaban J connectivity index is 1.55. The number of rotatable bonds is 7. The van der Waals surface area contributed by atoms with Gasteiger partial charge in [-0.1, -0.05) is 48.5 Å². The fraction of sp³-hybridized carbons (Fsp3) is 0.381. The maximum absolute atomic E-state index is 12.3. The third-order valence-corrected chi connectivity index (χ3v) is 4.93. The predicted octanol–water partition coefficient (Wildman–Crippen LogP) is 3.15. The van der Waals surface area contributed by atoms with Crippen molar-refractivity contribution in [3.8, 4) is 0 Å². The van der Waals surface area contributed by atoms with Gasteiger partial charge in [-0.05, 0) is 49.5 Å². The highest BCUT2D eigenvalue weighted by molar-refractivity contribution is 5.76. The zero-order chi connectivity index (χ0) is 17.5. The lowest BCUT2D eigenvalue weighted by Gasteiger charge is -2.28. The Kier molecular flexibility index (Phi) is 6.07. The molecule has 3 N–H and O–H groups in total. The molecule has 2 aromatic carbocycles. The largest absolute Gasteiger partial charge is 0.399 e. The molecule has 1 heterocycles. The van der Waals surface area contributed by atoms with E-state index < -0.39 is 0 Å². The van der Waals surface area contributed by atoms with Crippen LogP contribution in [-0.4, -0.2) is 30.4 Å². The van der Waals surface area contributed by atoms with Crippen molar-refractivity contribution >= 4 is 11.6 Å². The zero-order valence-corrected chi connectivity index (χ0v) is 14.7. The number of hydrogen-bond acceptors (Lipinski definition) is 3. The van der Waals surface area contributed by atoms with E-state index in [0.717, 1.165) is 24.3 Å². The quantitative estimate of drug-likeness (QED) is 0.763. The number of nitrogen functional groups attached to an aromatic ring is 1. The summed E-state index contributed by atoms with van der Waals surface area (Å²) in [6, 6.07) is 18.5. The number of likely N-dealkylation sites (tertiary alicyclic amines) is 1. The van der Waals surface area contributed by atoms with E-state index >= 15 is 0 Å². The van der Waals surface area contributed by atoms with Gasteiger partial charge in [-0.25, -0.2) is 0 Å². The number of aryl methyl sites for hydroxylation is 1. The van der Waals surface area contributed by atoms with Crippen molar-refractivity contribution in [3.05, 3.63) is 65.7 Å². The van der Waals surface area contributed by atoms with Crippen LogP contribution in [0.15, 0.2) is 54.6 Å². The minimum Gasteiger partial charge on any atom is -0.399 e. The number of benzene rings is 2. The molecule has 1 amide bonds. The maximum Gasteiger partial charge on any atom is 0.220 e. The summed E-state index contributed by atoms with van der Waals surface area (Å²) in [6.07, 6.45) is 3.63. The third kappa shape index (κ3) is 4.83. The second-order valence-corrected chi connectivity index (χ2v) is 6.67. The summed E-state index contributed by atoms with van der Waals surface area (Å²) < 4.78 is 0. The Labute approximate surface area is 150 Å². The van der Waals surface area contributed by atoms with Gasteiger partial charge in [0.25, 0.3) is 0 Å². The van der Waals surface area contributed by atoms with E-state index in [-0.39, 0.29) is 11.9 Å². The van der Waals surface area contributed by atoms with Crippen molar-refractivity contribution in [3.63, 3.8) is 0 Å². The molecule has 0 radical (unpaired) electrons. The number of anilines is 1. The molecule has 0 saturated carbocycles. The molecule has 25 heavy (non-hydrogen) atoms. The second kappa shape index (κ2) is 8.67. The average Bonchev–Trinajstić information content (AvgIpc) is 3.16. The summed E-state index contributed by atoms with van der Waals surface area (Å²) in [5.41, 5.74) is 9.02. The van der Waals surface area contributed by atoms with Crippen LogP contribution in [0.25, 0.3) is 0 Å². The minimum absolute atomic E-state index is 0.0865. The summed E-state index contributed by atoms with van der Waals surface area (Å²) in [7, 11) is 0. The van der Waals surface area contributed by atoms with Crippen molar-refractivity contribution < 1.29 is 4.79 Å². The van der Waals surface area contributed by atoms with E-state index in [1.807, 2.05) is 30.3 Å². The summed E-state index contributed by atoms with van der Waals surface area (Å²) in [5, 5.41) is 3.13. The van der Waals surface area contributed by atoms with E-state index in [4.69, 9.17) is 5.73 Å². The first-order valence-electron chi connectivity index (χ1n) is 9.13. The second-order valence-electron chi connectivity index (χ2n) is 6.67. The van der Waals surface area contributed by atoms with Crippen molar-refractivity contribution in [2.75, 3.05) is 25.4 Å². The van der Waals surface area contributed by atoms with Crippen LogP contribution in [0.3, 0.4) is 0 Å². The van der Waals surface area contributed by atoms with E-state index in [2.05, 4.69) is 34.5 Å². The molecular formula is C21H27N3O. The van der Waals surface area contributed by atoms with Gasteiger partial charge in [-0.15, -0.1) is 0 Å². The van der Waals surface area contributed by atoms with E-state index in [1.165, 1.54) is 18.4 Å². The summed E-state index contributed by atoms with van der Waals surface area (Å²) in [4.78, 5) is 14.8. The summed E-state index contributed by atoms with van der Waals surface area (Å²) >= 11 is 0. The minimum atomic E-state index is 0.0865. The van der Waals surface area contributed by atoms with Crippen LogP contribution in [0.2, 0.25) is 0 Å². The van der Waals surface area contributed by atoms with Crippen molar-refractivity contribution in [2.24, 2.45) is 0 Å². The van der Waals surface area contributed by atoms with Crippen molar-refractivity contribution in [2.45, 2.75) is 31.7 Å². The first-order valence-corrected chi connectivity index (χ1v) is 9.13. The number of nitrogens with zero attached hydrogens (tertiary/aromatic N) is 1. The lowest BCUT2D eigenvalue weighted by molar-refractivity contribution is -0.121. The lowest BCUT2D eigenvalue weighted by atomic mass is 10.0. The van der Waals surface area contributed by atoms with Crippen LogP contribution in [0, 0.1) is 0 Å². The van der Waals surface area contributed by atoms with E-state index in [1.54, 1.807) is 0 Å². The van der Waals surface area contributed by atoms with Gasteiger partial charge in [0.2, 0.25) is 5.91 Å². The Hall–Kier alpha value is -2.33. The molecule has 1 saturated heterocycles. The Morgan fingerprint density at radius 2 is 1.72 bits per heavy atom. The van der Waals surface area contributed by atoms with Crippen LogP contribution in [0.4, 0.5) is 5.69 Å². The first-order chi connectivity index (χ1) is 12.2. The molecule has 1 aliphatic heterocycles. The van der Waals surface area contributed by atoms with Crippen molar-refractivity contribution in [1.82, 2.24) is 10.2 Å². The Bertz CT molecular complexity index is 681. The summed E-state index contributed by atoms with van der Waals surface area (Å²) in [6.45, 7) is 2.87. The van der Waals surface area contributed by atoms with Gasteiger partial charge in [-0.2, -0.15) is 0 Å². The molecule has 4 nitrogen and oxygen atoms in total. The normalized spacial score (nSPS) is 15.8. The molecule has 1 aliphatic rings. The molecule has 1 atom stereocenters. The topological polar surface area (TPSA) is 58.4 Å². The maximum atomic E-state index is 12.3. The number of nitrogens with two attached hydrogens (primary N) is 1. The molecule has 0 aromatic heterocycles. The van der Waals surface area contributed by atoms with Gasteiger partial charge in [0.15, 0.2) is 0 Å². The first kappa shape index (κ1) is 17.5. The third-order valence-electron chi connectivity index (χ3n) is 4.93. The summed E-state index contributed by atoms with van der Waals surface area (Å²) in [5.74, 6) is 0.0865. The highest BCUT2D eigenvalue weighted by Gasteiger charge is 2.23. The van der Waals surface area contributed by atoms with Crippen LogP contribution in [0.5, 0.6) is 0 Å². The fourth-order valence-electron chi connectivity index (χ4n) is 3.50. The number of nitrogens with one attached hydrogen (secondary N) is 1. The monoisotopic (exact) mass is 337 g/mol. The van der Waals surface area contributed by atoms with Gasteiger partial charge in [-0.3, -0.25) is 9.69 Å². The number of hydrogen-bond donors (Lipinski definition) is 2. The number of carbonyl (C=O) groups excluding carboxylic acids is 1. The lowest BCUT2D eigenvalue weighted by Crippen LogP contribution is -2.36. The Morgan fingerprint density at radius 3 is 2.44 bits per heavy atom.